The number of fused-ring (bicyclic) bond motifs is 1. The minimum absolute atomic E-state index is 0.0850. The van der Waals surface area contributed by atoms with E-state index in [0.29, 0.717) is 13.1 Å². The maximum Gasteiger partial charge on any atom is 0.237 e. The quantitative estimate of drug-likeness (QED) is 0.870. The van der Waals surface area contributed by atoms with E-state index < -0.39 is 6.04 Å². The topological polar surface area (TPSA) is 74.3 Å². The second kappa shape index (κ2) is 6.75. The highest BCUT2D eigenvalue weighted by atomic mass is 16.2. The molecule has 0 bridgehead atoms. The highest BCUT2D eigenvalue weighted by Crippen LogP contribution is 2.20. The molecule has 2 N–H and O–H groups in total. The lowest BCUT2D eigenvalue weighted by Crippen LogP contribution is -2.56. The van der Waals surface area contributed by atoms with Crippen molar-refractivity contribution >= 4 is 22.7 Å². The van der Waals surface area contributed by atoms with Gasteiger partial charge in [0, 0.05) is 38.3 Å². The van der Waals surface area contributed by atoms with Crippen molar-refractivity contribution in [2.75, 3.05) is 20.1 Å². The van der Waals surface area contributed by atoms with Gasteiger partial charge in [0.1, 0.15) is 0 Å². The van der Waals surface area contributed by atoms with Gasteiger partial charge in [0.2, 0.25) is 11.8 Å². The number of hydrogen-bond donors (Lipinski definition) is 2. The average molecular weight is 312 g/mol. The number of para-hydroxylation sites is 1. The summed E-state index contributed by atoms with van der Waals surface area (Å²) in [5.41, 5.74) is 2.06. The summed E-state index contributed by atoms with van der Waals surface area (Å²) in [7, 11) is 1.59. The number of carbonyl (C=O) groups is 2. The molecule has 0 unspecified atom stereocenters. The first-order valence-corrected chi connectivity index (χ1v) is 7.74. The number of aromatic nitrogens is 1. The molecule has 0 radical (unpaired) electrons. The number of hydrogen-bond acceptors (Lipinski definition) is 4. The van der Waals surface area contributed by atoms with E-state index >= 15 is 0 Å². The van der Waals surface area contributed by atoms with Crippen LogP contribution in [0.15, 0.2) is 36.5 Å². The Morgan fingerprint density at radius 1 is 1.39 bits per heavy atom. The number of nitrogens with one attached hydrogen (secondary N) is 2. The number of amides is 2. The van der Waals surface area contributed by atoms with Gasteiger partial charge in [0.15, 0.2) is 0 Å². The lowest BCUT2D eigenvalue weighted by molar-refractivity contribution is -0.134. The third-order valence-corrected chi connectivity index (χ3v) is 4.21. The first-order valence-electron chi connectivity index (χ1n) is 7.74. The van der Waals surface area contributed by atoms with Crippen molar-refractivity contribution in [3.8, 4) is 0 Å². The number of nitrogens with zero attached hydrogens (tertiary/aromatic N) is 2. The van der Waals surface area contributed by atoms with E-state index in [-0.39, 0.29) is 18.2 Å². The fourth-order valence-corrected chi connectivity index (χ4v) is 2.96. The highest BCUT2D eigenvalue weighted by molar-refractivity contribution is 5.89. The van der Waals surface area contributed by atoms with E-state index in [1.54, 1.807) is 13.2 Å². The minimum atomic E-state index is -0.435. The standard InChI is InChI=1S/C17H20N4O2/c1-18-16(22)10-15-17(23)20-8-9-21(15)11-12-6-7-19-14-5-3-2-4-13(12)14/h2-7,15H,8-11H2,1H3,(H,18,22)(H,20,23)/t15-/m1/s1. The zero-order valence-corrected chi connectivity index (χ0v) is 13.1. The van der Waals surface area contributed by atoms with E-state index in [4.69, 9.17) is 0 Å². The summed E-state index contributed by atoms with van der Waals surface area (Å²) in [4.78, 5) is 30.3. The second-order valence-electron chi connectivity index (χ2n) is 5.64. The predicted molar refractivity (Wildman–Crippen MR) is 87.6 cm³/mol. The Kier molecular flexibility index (Phi) is 4.52. The summed E-state index contributed by atoms with van der Waals surface area (Å²) < 4.78 is 0. The van der Waals surface area contributed by atoms with Crippen LogP contribution in [0, 0.1) is 0 Å². The summed E-state index contributed by atoms with van der Waals surface area (Å²) in [6.45, 7) is 1.95. The van der Waals surface area contributed by atoms with Crippen LogP contribution in [0.25, 0.3) is 10.9 Å². The van der Waals surface area contributed by atoms with Gasteiger partial charge in [0.05, 0.1) is 18.0 Å². The van der Waals surface area contributed by atoms with Crippen molar-refractivity contribution in [3.63, 3.8) is 0 Å². The maximum absolute atomic E-state index is 12.2. The third kappa shape index (κ3) is 3.32. The molecule has 1 saturated heterocycles. The second-order valence-corrected chi connectivity index (χ2v) is 5.64. The van der Waals surface area contributed by atoms with Gasteiger partial charge in [-0.25, -0.2) is 0 Å². The summed E-state index contributed by atoms with van der Waals surface area (Å²) >= 11 is 0. The lowest BCUT2D eigenvalue weighted by Gasteiger charge is -2.34. The van der Waals surface area contributed by atoms with Crippen molar-refractivity contribution in [2.45, 2.75) is 19.0 Å². The molecule has 1 atom stereocenters. The molecule has 23 heavy (non-hydrogen) atoms. The van der Waals surface area contributed by atoms with Gasteiger partial charge in [-0.1, -0.05) is 18.2 Å². The Morgan fingerprint density at radius 3 is 3.04 bits per heavy atom. The van der Waals surface area contributed by atoms with Gasteiger partial charge in [-0.2, -0.15) is 0 Å². The molecule has 1 aliphatic heterocycles. The van der Waals surface area contributed by atoms with Crippen molar-refractivity contribution in [1.82, 2.24) is 20.5 Å². The number of piperazine rings is 1. The fourth-order valence-electron chi connectivity index (χ4n) is 2.96. The minimum Gasteiger partial charge on any atom is -0.359 e. The number of carbonyl (C=O) groups excluding carboxylic acids is 2. The molecule has 1 aromatic carbocycles. The van der Waals surface area contributed by atoms with Crippen LogP contribution in [0.1, 0.15) is 12.0 Å². The zero-order valence-electron chi connectivity index (χ0n) is 13.1. The molecular formula is C17H20N4O2. The molecule has 2 aromatic rings. The Hall–Kier alpha value is -2.47. The molecular weight excluding hydrogens is 292 g/mol. The molecule has 0 saturated carbocycles. The van der Waals surface area contributed by atoms with Gasteiger partial charge < -0.3 is 10.6 Å². The number of benzene rings is 1. The summed E-state index contributed by atoms with van der Waals surface area (Å²) in [5.74, 6) is -0.213. The fraction of sp³-hybridized carbons (Fsp3) is 0.353. The third-order valence-electron chi connectivity index (χ3n) is 4.21. The van der Waals surface area contributed by atoms with Crippen LogP contribution >= 0.6 is 0 Å². The van der Waals surface area contributed by atoms with Gasteiger partial charge in [-0.15, -0.1) is 0 Å². The molecule has 1 aliphatic rings. The molecule has 120 valence electrons. The van der Waals surface area contributed by atoms with Crippen LogP contribution in [0.2, 0.25) is 0 Å². The van der Waals surface area contributed by atoms with Crippen LogP contribution in [0.5, 0.6) is 0 Å². The first-order chi connectivity index (χ1) is 11.2. The lowest BCUT2D eigenvalue weighted by atomic mass is 10.0. The Balaban J connectivity index is 1.86. The molecule has 6 nitrogen and oxygen atoms in total. The van der Waals surface area contributed by atoms with E-state index in [0.717, 1.165) is 23.0 Å². The van der Waals surface area contributed by atoms with Crippen LogP contribution in [-0.4, -0.2) is 47.9 Å². The van der Waals surface area contributed by atoms with Gasteiger partial charge in [-0.3, -0.25) is 19.5 Å². The summed E-state index contributed by atoms with van der Waals surface area (Å²) in [6, 6.07) is 9.50. The summed E-state index contributed by atoms with van der Waals surface area (Å²) in [5, 5.41) is 6.52. The van der Waals surface area contributed by atoms with E-state index in [2.05, 4.69) is 20.5 Å². The molecule has 2 heterocycles. The number of pyridine rings is 1. The Labute approximate surface area is 134 Å². The number of rotatable bonds is 4. The molecule has 1 aromatic heterocycles. The molecule has 1 fully saturated rings. The predicted octanol–water partition coefficient (Wildman–Crippen LogP) is 0.671. The van der Waals surface area contributed by atoms with Crippen molar-refractivity contribution in [3.05, 3.63) is 42.1 Å². The van der Waals surface area contributed by atoms with Gasteiger partial charge in [-0.05, 0) is 17.7 Å². The Morgan fingerprint density at radius 2 is 2.22 bits per heavy atom. The molecule has 2 amide bonds. The van der Waals surface area contributed by atoms with E-state index in [1.165, 1.54) is 0 Å². The smallest absolute Gasteiger partial charge is 0.237 e. The SMILES string of the molecule is CNC(=O)C[C@@H]1C(=O)NCCN1Cc1ccnc2ccccc12. The molecule has 0 spiro atoms. The highest BCUT2D eigenvalue weighted by Gasteiger charge is 2.31. The van der Waals surface area contributed by atoms with Crippen LogP contribution in [0.3, 0.4) is 0 Å². The van der Waals surface area contributed by atoms with Gasteiger partial charge >= 0.3 is 0 Å². The molecule has 6 heteroatoms. The normalized spacial score (nSPS) is 18.7. The largest absolute Gasteiger partial charge is 0.359 e. The average Bonchev–Trinajstić information content (AvgIpc) is 2.58. The van der Waals surface area contributed by atoms with E-state index in [1.807, 2.05) is 30.3 Å². The first kappa shape index (κ1) is 15.4. The van der Waals surface area contributed by atoms with E-state index in [9.17, 15) is 9.59 Å². The monoisotopic (exact) mass is 312 g/mol. The molecule has 0 aliphatic carbocycles. The Bertz CT molecular complexity index is 726. The zero-order chi connectivity index (χ0) is 16.2. The van der Waals surface area contributed by atoms with Crippen LogP contribution < -0.4 is 10.6 Å². The van der Waals surface area contributed by atoms with Crippen LogP contribution in [0.4, 0.5) is 0 Å². The molecule has 3 rings (SSSR count). The van der Waals surface area contributed by atoms with Gasteiger partial charge in [0.25, 0.3) is 0 Å². The summed E-state index contributed by atoms with van der Waals surface area (Å²) in [6.07, 6.45) is 1.96. The van der Waals surface area contributed by atoms with Crippen LogP contribution in [-0.2, 0) is 16.1 Å². The van der Waals surface area contributed by atoms with Crippen molar-refractivity contribution in [2.24, 2.45) is 0 Å². The maximum atomic E-state index is 12.2. The van der Waals surface area contributed by atoms with Crippen molar-refractivity contribution < 1.29 is 9.59 Å². The van der Waals surface area contributed by atoms with Crippen molar-refractivity contribution in [1.29, 1.82) is 0 Å².